The fourth-order valence-corrected chi connectivity index (χ4v) is 4.19. The number of hydrogen-bond donors (Lipinski definition) is 1. The van der Waals surface area contributed by atoms with Crippen LogP contribution in [0.15, 0.2) is 109 Å². The van der Waals surface area contributed by atoms with Crippen LogP contribution in [0.5, 0.6) is 0 Å². The van der Waals surface area contributed by atoms with E-state index >= 15 is 0 Å². The summed E-state index contributed by atoms with van der Waals surface area (Å²) in [5.74, 6) is 0. The van der Waals surface area contributed by atoms with Gasteiger partial charge in [-0.15, -0.1) is 0 Å². The van der Waals surface area contributed by atoms with E-state index in [-0.39, 0.29) is 17.1 Å². The molecule has 0 amide bonds. The Balaban J connectivity index is 1.95. The van der Waals surface area contributed by atoms with Crippen LogP contribution in [0, 0.1) is 0 Å². The van der Waals surface area contributed by atoms with Crippen molar-refractivity contribution in [3.63, 3.8) is 0 Å². The third kappa shape index (κ3) is 4.64. The third-order valence-electron chi connectivity index (χ3n) is 4.56. The van der Waals surface area contributed by atoms with Gasteiger partial charge in [-0.3, -0.25) is 0 Å². The van der Waals surface area contributed by atoms with Gasteiger partial charge in [0.15, 0.2) is 0 Å². The predicted octanol–water partition coefficient (Wildman–Crippen LogP) is 7.45. The van der Waals surface area contributed by atoms with Crippen LogP contribution in [0.4, 0.5) is 28.4 Å². The van der Waals surface area contributed by atoms with Gasteiger partial charge < -0.3 is 10.2 Å². The fourth-order valence-electron chi connectivity index (χ4n) is 3.02. The molecule has 0 aliphatic heterocycles. The molecule has 0 saturated carbocycles. The first-order valence-electron chi connectivity index (χ1n) is 14.6. The van der Waals surface area contributed by atoms with Gasteiger partial charge in [0.05, 0.1) is 21.8 Å². The molecule has 3 heteroatoms. The van der Waals surface area contributed by atoms with E-state index in [1.165, 1.54) is 5.19 Å². The maximum Gasteiger partial charge on any atom is 0.0775 e. The first-order valence-corrected chi connectivity index (χ1v) is 13.1. The van der Waals surface area contributed by atoms with Crippen molar-refractivity contribution in [3.05, 3.63) is 109 Å². The van der Waals surface area contributed by atoms with E-state index in [1.807, 2.05) is 12.1 Å². The summed E-state index contributed by atoms with van der Waals surface area (Å²) in [5.41, 5.74) is 0.961. The Labute approximate surface area is 194 Å². The summed E-state index contributed by atoms with van der Waals surface area (Å²) in [4.78, 5) is 1.14. The van der Waals surface area contributed by atoms with Gasteiger partial charge in [-0.25, -0.2) is 0 Å². The van der Waals surface area contributed by atoms with Crippen molar-refractivity contribution in [2.75, 3.05) is 10.2 Å². The summed E-state index contributed by atoms with van der Waals surface area (Å²) in [6.45, 7) is 6.77. The highest BCUT2D eigenvalue weighted by Crippen LogP contribution is 2.35. The molecule has 0 aliphatic rings. The molecule has 1 N–H and O–H groups in total. The van der Waals surface area contributed by atoms with Gasteiger partial charge in [0.2, 0.25) is 0 Å². The van der Waals surface area contributed by atoms with Gasteiger partial charge in [0.1, 0.15) is 0 Å². The van der Waals surface area contributed by atoms with Crippen LogP contribution in [-0.2, 0) is 0 Å². The van der Waals surface area contributed by atoms with E-state index in [0.29, 0.717) is 5.69 Å². The van der Waals surface area contributed by atoms with Crippen molar-refractivity contribution in [2.45, 2.75) is 19.6 Å². The standard InChI is InChI=1S/C27H28N2Si/c1-30(2,3)27-19-17-22(18-20-27)28-23-11-10-16-26(21-23)29(24-12-6-4-7-13-24)25-14-8-5-9-15-25/h4-21,28H,1-3H3/i4D,5D,6D,7D,8D,9D,12D,13D,14D,15D. The lowest BCUT2D eigenvalue weighted by molar-refractivity contribution is 1.28. The van der Waals surface area contributed by atoms with Gasteiger partial charge in [-0.1, -0.05) is 79.3 Å². The number of hydrogen-bond acceptors (Lipinski definition) is 2. The number of anilines is 5. The van der Waals surface area contributed by atoms with Crippen LogP contribution in [-0.4, -0.2) is 8.07 Å². The number of benzene rings is 4. The Bertz CT molecular complexity index is 1490. The van der Waals surface area contributed by atoms with Crippen LogP contribution in [0.3, 0.4) is 0 Å². The number of para-hydroxylation sites is 2. The maximum absolute atomic E-state index is 8.58. The lowest BCUT2D eigenvalue weighted by Gasteiger charge is -2.26. The highest BCUT2D eigenvalue weighted by molar-refractivity contribution is 6.88. The normalized spacial score (nSPS) is 15.8. The highest BCUT2D eigenvalue weighted by Gasteiger charge is 2.16. The lowest BCUT2D eigenvalue weighted by Crippen LogP contribution is -2.37. The van der Waals surface area contributed by atoms with Gasteiger partial charge in [0, 0.05) is 28.4 Å². The first kappa shape index (κ1) is 11.2. The number of rotatable bonds is 6. The van der Waals surface area contributed by atoms with Crippen LogP contribution >= 0.6 is 0 Å². The monoisotopic (exact) mass is 418 g/mol. The topological polar surface area (TPSA) is 15.3 Å². The van der Waals surface area contributed by atoms with Crippen LogP contribution < -0.4 is 15.4 Å². The molecule has 0 saturated heterocycles. The Hall–Kier alpha value is -3.30. The zero-order valence-electron chi connectivity index (χ0n) is 27.1. The molecule has 30 heavy (non-hydrogen) atoms. The third-order valence-corrected chi connectivity index (χ3v) is 6.63. The summed E-state index contributed by atoms with van der Waals surface area (Å²) in [6.07, 6.45) is 0. The van der Waals surface area contributed by atoms with Crippen molar-refractivity contribution in [1.29, 1.82) is 0 Å². The van der Waals surface area contributed by atoms with E-state index in [9.17, 15) is 0 Å². The fraction of sp³-hybridized carbons (Fsp3) is 0.111. The van der Waals surface area contributed by atoms with Gasteiger partial charge in [-0.05, 0) is 54.5 Å². The van der Waals surface area contributed by atoms with Gasteiger partial charge >= 0.3 is 0 Å². The van der Waals surface area contributed by atoms with E-state index in [2.05, 4.69) is 37.1 Å². The molecule has 0 spiro atoms. The molecule has 4 aromatic rings. The molecule has 0 radical (unpaired) electrons. The van der Waals surface area contributed by atoms with Crippen molar-refractivity contribution < 1.29 is 13.7 Å². The van der Waals surface area contributed by atoms with E-state index in [0.717, 1.165) is 10.6 Å². The van der Waals surface area contributed by atoms with Crippen molar-refractivity contribution in [1.82, 2.24) is 0 Å². The summed E-state index contributed by atoms with van der Waals surface area (Å²) in [7, 11) is -1.49. The maximum atomic E-state index is 8.58. The number of nitrogens with zero attached hydrogens (tertiary/aromatic N) is 1. The van der Waals surface area contributed by atoms with Gasteiger partial charge in [-0.2, -0.15) is 0 Å². The predicted molar refractivity (Wildman–Crippen MR) is 134 cm³/mol. The molecular weight excluding hydrogens is 380 g/mol. The minimum absolute atomic E-state index is 0.237. The van der Waals surface area contributed by atoms with E-state index in [1.54, 1.807) is 24.3 Å². The number of nitrogens with one attached hydrogen (secondary N) is 1. The molecular formula is C27H28N2Si. The summed E-state index contributed by atoms with van der Waals surface area (Å²) >= 11 is 0. The van der Waals surface area contributed by atoms with Crippen molar-refractivity contribution >= 4 is 41.7 Å². The minimum Gasteiger partial charge on any atom is -0.355 e. The van der Waals surface area contributed by atoms with Crippen LogP contribution in [0.2, 0.25) is 19.6 Å². The Morgan fingerprint density at radius 3 is 1.77 bits per heavy atom. The molecule has 0 aromatic heterocycles. The molecule has 4 aromatic carbocycles. The molecule has 0 heterocycles. The van der Waals surface area contributed by atoms with Crippen LogP contribution in [0.1, 0.15) is 13.7 Å². The van der Waals surface area contributed by atoms with Crippen molar-refractivity contribution in [3.8, 4) is 0 Å². The average Bonchev–Trinajstić information content (AvgIpc) is 2.92. The second-order valence-electron chi connectivity index (χ2n) is 7.79. The average molecular weight is 419 g/mol. The van der Waals surface area contributed by atoms with E-state index < -0.39 is 68.5 Å². The minimum atomic E-state index is -1.49. The van der Waals surface area contributed by atoms with Crippen LogP contribution in [0.25, 0.3) is 0 Å². The lowest BCUT2D eigenvalue weighted by atomic mass is 10.1. The molecule has 150 valence electrons. The quantitative estimate of drug-likeness (QED) is 0.327. The second kappa shape index (κ2) is 8.60. The highest BCUT2D eigenvalue weighted by atomic mass is 28.3. The molecule has 0 atom stereocenters. The second-order valence-corrected chi connectivity index (χ2v) is 12.9. The summed E-state index contributed by atoms with van der Waals surface area (Å²) in [5, 5.41) is 4.59. The Morgan fingerprint density at radius 2 is 1.23 bits per heavy atom. The van der Waals surface area contributed by atoms with Gasteiger partial charge in [0.25, 0.3) is 0 Å². The summed E-state index contributed by atoms with van der Waals surface area (Å²) in [6, 6.07) is 8.82. The zero-order chi connectivity index (χ0) is 29.7. The largest absolute Gasteiger partial charge is 0.355 e. The molecule has 0 aliphatic carbocycles. The Kier molecular flexibility index (Phi) is 3.21. The zero-order valence-corrected chi connectivity index (χ0v) is 18.1. The van der Waals surface area contributed by atoms with Crippen molar-refractivity contribution in [2.24, 2.45) is 0 Å². The van der Waals surface area contributed by atoms with E-state index in [4.69, 9.17) is 13.7 Å². The summed E-state index contributed by atoms with van der Waals surface area (Å²) < 4.78 is 83.1. The molecule has 0 bridgehead atoms. The molecule has 4 rings (SSSR count). The molecule has 2 nitrogen and oxygen atoms in total. The molecule has 0 unspecified atom stereocenters. The SMILES string of the molecule is [2H]c1c([2H])c([2H])c(N(c2cccc(Nc3ccc([Si](C)(C)C)cc3)c2)c2c([2H])c([2H])c([2H])c([2H])c2[2H])c([2H])c1[2H]. The first-order chi connectivity index (χ1) is 18.6. The smallest absolute Gasteiger partial charge is 0.0775 e. The molecule has 0 fully saturated rings. The Morgan fingerprint density at radius 1 is 0.667 bits per heavy atom.